The molecule has 3 N–H and O–H groups in total. The zero-order valence-electron chi connectivity index (χ0n) is 11.4. The number of aryl methyl sites for hydroxylation is 1. The fourth-order valence-electron chi connectivity index (χ4n) is 2.88. The van der Waals surface area contributed by atoms with E-state index in [1.807, 2.05) is 13.0 Å². The molecule has 3 unspecified atom stereocenters. The second-order valence-electron chi connectivity index (χ2n) is 5.32. The summed E-state index contributed by atoms with van der Waals surface area (Å²) >= 11 is 1.43. The van der Waals surface area contributed by atoms with Gasteiger partial charge in [-0.15, -0.1) is 11.3 Å². The van der Waals surface area contributed by atoms with Crippen LogP contribution in [0.15, 0.2) is 6.07 Å². The maximum atomic E-state index is 12.3. The number of rotatable bonds is 2. The highest BCUT2D eigenvalue weighted by molar-refractivity contribution is 7.14. The van der Waals surface area contributed by atoms with Gasteiger partial charge >= 0.3 is 0 Å². The summed E-state index contributed by atoms with van der Waals surface area (Å²) in [6.45, 7) is 2.30. The van der Waals surface area contributed by atoms with Gasteiger partial charge in [0.05, 0.1) is 34.5 Å². The van der Waals surface area contributed by atoms with Crippen molar-refractivity contribution >= 4 is 17.2 Å². The third kappa shape index (κ3) is 2.59. The largest absolute Gasteiger partial charge is 0.373 e. The van der Waals surface area contributed by atoms with Crippen LogP contribution in [0, 0.1) is 18.8 Å². The van der Waals surface area contributed by atoms with Gasteiger partial charge in [-0.05, 0) is 37.8 Å². The minimum atomic E-state index is -0.0138. The number of carbonyl (C=O) groups excluding carboxylic acids is 1. The molecule has 3 atom stereocenters. The Bertz CT molecular complexity index is 584. The molecule has 20 heavy (non-hydrogen) atoms. The molecule has 4 nitrogen and oxygen atoms in total. The van der Waals surface area contributed by atoms with Crippen molar-refractivity contribution in [2.75, 3.05) is 6.54 Å². The van der Waals surface area contributed by atoms with E-state index in [1.54, 1.807) is 0 Å². The van der Waals surface area contributed by atoms with Crippen LogP contribution in [0.3, 0.4) is 0 Å². The van der Waals surface area contributed by atoms with Gasteiger partial charge in [0.15, 0.2) is 0 Å². The predicted octanol–water partition coefficient (Wildman–Crippen LogP) is 1.42. The number of nitrogens with one attached hydrogen (secondary N) is 1. The fourth-order valence-corrected chi connectivity index (χ4v) is 3.83. The van der Waals surface area contributed by atoms with Crippen LogP contribution in [0.5, 0.6) is 0 Å². The van der Waals surface area contributed by atoms with Crippen molar-refractivity contribution in [3.8, 4) is 11.8 Å². The number of nitrogens with two attached hydrogens (primary N) is 1. The highest BCUT2D eigenvalue weighted by Gasteiger charge is 2.41. The quantitative estimate of drug-likeness (QED) is 0.810. The zero-order valence-corrected chi connectivity index (χ0v) is 12.3. The number of ether oxygens (including phenoxy) is 1. The van der Waals surface area contributed by atoms with Crippen LogP contribution in [0.25, 0.3) is 0 Å². The van der Waals surface area contributed by atoms with Crippen molar-refractivity contribution in [2.45, 2.75) is 44.4 Å². The number of thiophene rings is 1. The average molecular weight is 290 g/mol. The summed E-state index contributed by atoms with van der Waals surface area (Å²) < 4.78 is 5.76. The van der Waals surface area contributed by atoms with Gasteiger partial charge in [0.1, 0.15) is 0 Å². The summed E-state index contributed by atoms with van der Waals surface area (Å²) in [7, 11) is 0. The molecule has 1 aromatic heterocycles. The standard InChI is InChI=1S/C15H18N2O2S/c1-9-7-14(20-13(9)3-2-6-16)15(18)17-11-8-10-4-5-12(11)19-10/h7,10-12H,4-6,8,16H2,1H3,(H,17,18). The Hall–Kier alpha value is -1.35. The molecular weight excluding hydrogens is 272 g/mol. The molecule has 1 amide bonds. The van der Waals surface area contributed by atoms with Crippen molar-refractivity contribution in [3.05, 3.63) is 21.4 Å². The molecule has 0 aliphatic carbocycles. The van der Waals surface area contributed by atoms with E-state index >= 15 is 0 Å². The molecule has 3 rings (SSSR count). The molecule has 106 valence electrons. The first-order valence-electron chi connectivity index (χ1n) is 6.93. The third-order valence-corrected chi connectivity index (χ3v) is 5.02. The lowest BCUT2D eigenvalue weighted by Gasteiger charge is -2.19. The lowest BCUT2D eigenvalue weighted by Crippen LogP contribution is -2.41. The van der Waals surface area contributed by atoms with E-state index in [9.17, 15) is 4.79 Å². The summed E-state index contributed by atoms with van der Waals surface area (Å²) in [5, 5.41) is 3.10. The van der Waals surface area contributed by atoms with Crippen molar-refractivity contribution < 1.29 is 9.53 Å². The Kier molecular flexibility index (Phi) is 3.79. The number of hydrogen-bond acceptors (Lipinski definition) is 4. The molecule has 2 saturated heterocycles. The van der Waals surface area contributed by atoms with Gasteiger partial charge in [-0.25, -0.2) is 0 Å². The van der Waals surface area contributed by atoms with E-state index < -0.39 is 0 Å². The first kappa shape index (κ1) is 13.6. The second-order valence-corrected chi connectivity index (χ2v) is 6.37. The molecule has 0 aromatic carbocycles. The Balaban J connectivity index is 1.68. The summed E-state index contributed by atoms with van der Waals surface area (Å²) in [5.41, 5.74) is 6.41. The maximum Gasteiger partial charge on any atom is 0.261 e. The molecule has 2 fully saturated rings. The smallest absolute Gasteiger partial charge is 0.261 e. The Morgan fingerprint density at radius 2 is 2.45 bits per heavy atom. The van der Waals surface area contributed by atoms with Gasteiger partial charge in [-0.3, -0.25) is 4.79 Å². The molecule has 0 spiro atoms. The van der Waals surface area contributed by atoms with Crippen LogP contribution in [0.1, 0.15) is 39.4 Å². The van der Waals surface area contributed by atoms with Crippen molar-refractivity contribution in [2.24, 2.45) is 5.73 Å². The lowest BCUT2D eigenvalue weighted by molar-refractivity contribution is 0.0843. The van der Waals surface area contributed by atoms with E-state index in [2.05, 4.69) is 17.2 Å². The molecule has 1 aromatic rings. The van der Waals surface area contributed by atoms with Crippen LogP contribution < -0.4 is 11.1 Å². The number of fused-ring (bicyclic) bond motifs is 2. The van der Waals surface area contributed by atoms with Crippen LogP contribution >= 0.6 is 11.3 Å². The summed E-state index contributed by atoms with van der Waals surface area (Å²) in [6.07, 6.45) is 3.70. The zero-order chi connectivity index (χ0) is 14.1. The van der Waals surface area contributed by atoms with Crippen molar-refractivity contribution in [1.82, 2.24) is 5.32 Å². The Labute approximate surface area is 122 Å². The van der Waals surface area contributed by atoms with E-state index in [0.29, 0.717) is 17.5 Å². The van der Waals surface area contributed by atoms with Gasteiger partial charge in [0, 0.05) is 0 Å². The highest BCUT2D eigenvalue weighted by Crippen LogP contribution is 2.34. The van der Waals surface area contributed by atoms with Crippen LogP contribution in [-0.2, 0) is 4.74 Å². The van der Waals surface area contributed by atoms with Gasteiger partial charge < -0.3 is 15.8 Å². The normalized spacial score (nSPS) is 27.2. The number of hydrogen-bond donors (Lipinski definition) is 2. The number of carbonyl (C=O) groups is 1. The molecule has 0 radical (unpaired) electrons. The average Bonchev–Trinajstić information content (AvgIpc) is 3.12. The third-order valence-electron chi connectivity index (χ3n) is 3.87. The molecular formula is C15H18N2O2S. The van der Waals surface area contributed by atoms with Crippen LogP contribution in [-0.4, -0.2) is 30.7 Å². The Morgan fingerprint density at radius 1 is 1.60 bits per heavy atom. The van der Waals surface area contributed by atoms with Crippen LogP contribution in [0.4, 0.5) is 0 Å². The molecule has 2 aliphatic heterocycles. The summed E-state index contributed by atoms with van der Waals surface area (Å²) in [5.74, 6) is 5.82. The van der Waals surface area contributed by atoms with Crippen molar-refractivity contribution in [3.63, 3.8) is 0 Å². The Morgan fingerprint density at radius 3 is 3.10 bits per heavy atom. The number of amides is 1. The summed E-state index contributed by atoms with van der Waals surface area (Å²) in [4.78, 5) is 13.9. The molecule has 2 aliphatic rings. The second kappa shape index (κ2) is 5.57. The van der Waals surface area contributed by atoms with E-state index in [1.165, 1.54) is 11.3 Å². The first-order chi connectivity index (χ1) is 9.67. The first-order valence-corrected chi connectivity index (χ1v) is 7.74. The fraction of sp³-hybridized carbons (Fsp3) is 0.533. The van der Waals surface area contributed by atoms with Crippen molar-refractivity contribution in [1.29, 1.82) is 0 Å². The monoisotopic (exact) mass is 290 g/mol. The molecule has 3 heterocycles. The lowest BCUT2D eigenvalue weighted by atomic mass is 9.95. The van der Waals surface area contributed by atoms with Gasteiger partial charge in [0.2, 0.25) is 0 Å². The van der Waals surface area contributed by atoms with E-state index in [4.69, 9.17) is 10.5 Å². The van der Waals surface area contributed by atoms with E-state index in [0.717, 1.165) is 29.7 Å². The predicted molar refractivity (Wildman–Crippen MR) is 78.8 cm³/mol. The van der Waals surface area contributed by atoms with E-state index in [-0.39, 0.29) is 18.1 Å². The maximum absolute atomic E-state index is 12.3. The SMILES string of the molecule is Cc1cc(C(=O)NC2CC3CCC2O3)sc1C#CCN. The highest BCUT2D eigenvalue weighted by atomic mass is 32.1. The van der Waals surface area contributed by atoms with Gasteiger partial charge in [-0.1, -0.05) is 11.8 Å². The van der Waals surface area contributed by atoms with Gasteiger partial charge in [-0.2, -0.15) is 0 Å². The van der Waals surface area contributed by atoms with Crippen LogP contribution in [0.2, 0.25) is 0 Å². The minimum absolute atomic E-state index is 0.0138. The minimum Gasteiger partial charge on any atom is -0.373 e. The molecule has 5 heteroatoms. The molecule has 0 saturated carbocycles. The van der Waals surface area contributed by atoms with Gasteiger partial charge in [0.25, 0.3) is 5.91 Å². The summed E-state index contributed by atoms with van der Waals surface area (Å²) in [6, 6.07) is 2.07. The molecule has 2 bridgehead atoms. The topological polar surface area (TPSA) is 64.3 Å².